The minimum absolute atomic E-state index is 0.00781. The monoisotopic (exact) mass is 273 g/mol. The number of carbonyl (C=O) groups excluding carboxylic acids is 1. The van der Waals surface area contributed by atoms with E-state index in [1.807, 2.05) is 48.7 Å². The lowest BCUT2D eigenvalue weighted by Crippen LogP contribution is -1.94. The molecule has 1 aromatic carbocycles. The Bertz CT molecular complexity index is 544. The van der Waals surface area contributed by atoms with E-state index >= 15 is 0 Å². The molecular weight excluding hydrogens is 258 g/mol. The molecule has 0 aliphatic heterocycles. The van der Waals surface area contributed by atoms with Gasteiger partial charge in [-0.3, -0.25) is 4.79 Å². The Kier molecular flexibility index (Phi) is 4.75. The van der Waals surface area contributed by atoms with Gasteiger partial charge in [-0.05, 0) is 42.6 Å². The molecule has 1 heterocycles. The molecule has 0 amide bonds. The molecule has 2 rings (SSSR count). The molecule has 98 valence electrons. The predicted octanol–water partition coefficient (Wildman–Crippen LogP) is 3.96. The zero-order chi connectivity index (χ0) is 13.5. The first-order chi connectivity index (χ1) is 9.29. The number of ether oxygens (including phenoxy) is 1. The van der Waals surface area contributed by atoms with Gasteiger partial charge in [0.25, 0.3) is 0 Å². The lowest BCUT2D eigenvalue weighted by molar-refractivity contribution is 0.105. The van der Waals surface area contributed by atoms with Crippen LogP contribution in [-0.4, -0.2) is 12.4 Å². The highest BCUT2D eigenvalue weighted by Gasteiger charge is 2.00. The van der Waals surface area contributed by atoms with E-state index < -0.39 is 0 Å². The van der Waals surface area contributed by atoms with Crippen LogP contribution in [0.3, 0.4) is 0 Å². The van der Waals surface area contributed by atoms with Gasteiger partial charge in [-0.15, -0.1) is 11.3 Å². The summed E-state index contributed by atoms with van der Waals surface area (Å²) in [4.78, 5) is 12.4. The van der Waals surface area contributed by atoms with E-state index in [1.165, 1.54) is 17.4 Å². The zero-order valence-electron chi connectivity index (χ0n) is 10.6. The SMILES string of the molecule is CCOc1ccc(N/C=C/C(=O)c2cccs2)cc1. The Morgan fingerprint density at radius 3 is 2.74 bits per heavy atom. The minimum Gasteiger partial charge on any atom is -0.494 e. The molecule has 1 aromatic heterocycles. The molecule has 0 bridgehead atoms. The molecule has 0 aliphatic rings. The summed E-state index contributed by atoms with van der Waals surface area (Å²) in [5.41, 5.74) is 0.915. The fourth-order valence-corrected chi connectivity index (χ4v) is 2.17. The normalized spacial score (nSPS) is 10.6. The van der Waals surface area contributed by atoms with Gasteiger partial charge in [0.2, 0.25) is 0 Å². The van der Waals surface area contributed by atoms with Crippen molar-refractivity contribution in [3.8, 4) is 5.75 Å². The Balaban J connectivity index is 1.89. The largest absolute Gasteiger partial charge is 0.494 e. The fraction of sp³-hybridized carbons (Fsp3) is 0.133. The number of allylic oxidation sites excluding steroid dienone is 1. The number of carbonyl (C=O) groups is 1. The Morgan fingerprint density at radius 1 is 1.32 bits per heavy atom. The maximum absolute atomic E-state index is 11.7. The van der Waals surface area contributed by atoms with Crippen LogP contribution in [0.15, 0.2) is 54.1 Å². The fourth-order valence-electron chi connectivity index (χ4n) is 1.53. The Labute approximate surface area is 116 Å². The van der Waals surface area contributed by atoms with Crippen LogP contribution >= 0.6 is 11.3 Å². The van der Waals surface area contributed by atoms with Gasteiger partial charge in [-0.25, -0.2) is 0 Å². The molecule has 0 saturated carbocycles. The smallest absolute Gasteiger partial charge is 0.197 e. The number of nitrogens with one attached hydrogen (secondary N) is 1. The van der Waals surface area contributed by atoms with E-state index in [-0.39, 0.29) is 5.78 Å². The van der Waals surface area contributed by atoms with Crippen molar-refractivity contribution < 1.29 is 9.53 Å². The molecule has 2 aromatic rings. The molecule has 0 atom stereocenters. The summed E-state index contributed by atoms with van der Waals surface area (Å²) in [6.07, 6.45) is 3.18. The standard InChI is InChI=1S/C15H15NO2S/c1-2-18-13-7-5-12(6-8-13)16-10-9-14(17)15-4-3-11-19-15/h3-11,16H,2H2,1H3/b10-9+. The maximum Gasteiger partial charge on any atom is 0.197 e. The summed E-state index contributed by atoms with van der Waals surface area (Å²) in [6, 6.07) is 11.3. The lowest BCUT2D eigenvalue weighted by atomic mass is 10.3. The number of hydrogen-bond acceptors (Lipinski definition) is 4. The topological polar surface area (TPSA) is 38.3 Å². The third-order valence-corrected chi connectivity index (χ3v) is 3.30. The molecular formula is C15H15NO2S. The molecule has 0 saturated heterocycles. The Morgan fingerprint density at radius 2 is 2.11 bits per heavy atom. The molecule has 0 spiro atoms. The third-order valence-electron chi connectivity index (χ3n) is 2.41. The van der Waals surface area contributed by atoms with Gasteiger partial charge in [-0.2, -0.15) is 0 Å². The number of thiophene rings is 1. The van der Waals surface area contributed by atoms with E-state index in [0.29, 0.717) is 6.61 Å². The molecule has 0 radical (unpaired) electrons. The van der Waals surface area contributed by atoms with Crippen molar-refractivity contribution in [2.75, 3.05) is 11.9 Å². The van der Waals surface area contributed by atoms with Crippen molar-refractivity contribution in [3.05, 3.63) is 58.9 Å². The number of hydrogen-bond donors (Lipinski definition) is 1. The summed E-state index contributed by atoms with van der Waals surface area (Å²) < 4.78 is 5.35. The van der Waals surface area contributed by atoms with Crippen LogP contribution in [-0.2, 0) is 0 Å². The lowest BCUT2D eigenvalue weighted by Gasteiger charge is -2.04. The van der Waals surface area contributed by atoms with Gasteiger partial charge in [0.05, 0.1) is 11.5 Å². The highest BCUT2D eigenvalue weighted by atomic mass is 32.1. The van der Waals surface area contributed by atoms with Crippen molar-refractivity contribution >= 4 is 22.8 Å². The van der Waals surface area contributed by atoms with E-state index in [1.54, 1.807) is 6.20 Å². The van der Waals surface area contributed by atoms with Crippen LogP contribution in [0.2, 0.25) is 0 Å². The third kappa shape index (κ3) is 3.96. The molecule has 4 heteroatoms. The van der Waals surface area contributed by atoms with Crippen LogP contribution in [0, 0.1) is 0 Å². The van der Waals surface area contributed by atoms with Gasteiger partial charge in [-0.1, -0.05) is 6.07 Å². The van der Waals surface area contributed by atoms with Crippen molar-refractivity contribution in [1.82, 2.24) is 0 Å². The number of rotatable bonds is 6. The summed E-state index contributed by atoms with van der Waals surface area (Å²) in [5, 5.41) is 4.94. The van der Waals surface area contributed by atoms with Crippen LogP contribution in [0.4, 0.5) is 5.69 Å². The predicted molar refractivity (Wildman–Crippen MR) is 79.0 cm³/mol. The van der Waals surface area contributed by atoms with E-state index in [4.69, 9.17) is 4.74 Å². The highest BCUT2D eigenvalue weighted by molar-refractivity contribution is 7.12. The molecule has 0 unspecified atom stereocenters. The van der Waals surface area contributed by atoms with E-state index in [0.717, 1.165) is 16.3 Å². The summed E-state index contributed by atoms with van der Waals surface area (Å²) in [7, 11) is 0. The van der Waals surface area contributed by atoms with Crippen molar-refractivity contribution in [2.24, 2.45) is 0 Å². The first-order valence-electron chi connectivity index (χ1n) is 6.03. The summed E-state index contributed by atoms with van der Waals surface area (Å²) >= 11 is 1.44. The summed E-state index contributed by atoms with van der Waals surface area (Å²) in [5.74, 6) is 0.847. The van der Waals surface area contributed by atoms with Crippen molar-refractivity contribution in [1.29, 1.82) is 0 Å². The van der Waals surface area contributed by atoms with Crippen LogP contribution in [0.25, 0.3) is 0 Å². The second-order valence-corrected chi connectivity index (χ2v) is 4.72. The van der Waals surface area contributed by atoms with Gasteiger partial charge >= 0.3 is 0 Å². The molecule has 19 heavy (non-hydrogen) atoms. The molecule has 0 aliphatic carbocycles. The van der Waals surface area contributed by atoms with E-state index in [2.05, 4.69) is 5.32 Å². The molecule has 3 nitrogen and oxygen atoms in total. The average Bonchev–Trinajstić information content (AvgIpc) is 2.95. The quantitative estimate of drug-likeness (QED) is 0.639. The van der Waals surface area contributed by atoms with Crippen molar-refractivity contribution in [2.45, 2.75) is 6.92 Å². The Hall–Kier alpha value is -2.07. The van der Waals surface area contributed by atoms with Gasteiger partial charge < -0.3 is 10.1 Å². The van der Waals surface area contributed by atoms with Crippen LogP contribution in [0.5, 0.6) is 5.75 Å². The number of anilines is 1. The zero-order valence-corrected chi connectivity index (χ0v) is 11.4. The van der Waals surface area contributed by atoms with Crippen LogP contribution < -0.4 is 10.1 Å². The second-order valence-electron chi connectivity index (χ2n) is 3.78. The minimum atomic E-state index is 0.00781. The highest BCUT2D eigenvalue weighted by Crippen LogP contribution is 2.15. The molecule has 0 fully saturated rings. The molecule has 1 N–H and O–H groups in total. The first-order valence-corrected chi connectivity index (χ1v) is 6.91. The average molecular weight is 273 g/mol. The summed E-state index contributed by atoms with van der Waals surface area (Å²) in [6.45, 7) is 2.60. The van der Waals surface area contributed by atoms with Crippen LogP contribution in [0.1, 0.15) is 16.6 Å². The van der Waals surface area contributed by atoms with Gasteiger partial charge in [0.15, 0.2) is 5.78 Å². The number of ketones is 1. The maximum atomic E-state index is 11.7. The van der Waals surface area contributed by atoms with Crippen molar-refractivity contribution in [3.63, 3.8) is 0 Å². The number of benzene rings is 1. The van der Waals surface area contributed by atoms with Gasteiger partial charge in [0, 0.05) is 18.0 Å². The second kappa shape index (κ2) is 6.75. The first kappa shape index (κ1) is 13.4. The van der Waals surface area contributed by atoms with Gasteiger partial charge in [0.1, 0.15) is 5.75 Å². The van der Waals surface area contributed by atoms with E-state index in [9.17, 15) is 4.79 Å².